The highest BCUT2D eigenvalue weighted by Gasteiger charge is 2.30. The first-order valence-electron chi connectivity index (χ1n) is 12.5. The van der Waals surface area contributed by atoms with Gasteiger partial charge < -0.3 is 24.8 Å². The van der Waals surface area contributed by atoms with Crippen molar-refractivity contribution < 1.29 is 28.6 Å². The summed E-state index contributed by atoms with van der Waals surface area (Å²) in [6, 6.07) is 6.08. The molecule has 1 aromatic carbocycles. The van der Waals surface area contributed by atoms with Crippen molar-refractivity contribution in [1.82, 2.24) is 15.5 Å². The summed E-state index contributed by atoms with van der Waals surface area (Å²) in [5.74, 6) is -0.351. The molecule has 2 amide bonds. The highest BCUT2D eigenvalue weighted by molar-refractivity contribution is 5.90. The summed E-state index contributed by atoms with van der Waals surface area (Å²) >= 11 is 0. The lowest BCUT2D eigenvalue weighted by atomic mass is 10.1. The third-order valence-electron chi connectivity index (χ3n) is 5.94. The number of fused-ring (bicyclic) bond motifs is 2. The van der Waals surface area contributed by atoms with Crippen LogP contribution < -0.4 is 15.4 Å². The highest BCUT2D eigenvalue weighted by atomic mass is 16.6. The minimum absolute atomic E-state index is 0.206. The molecule has 0 spiro atoms. The van der Waals surface area contributed by atoms with Crippen LogP contribution in [0, 0.1) is 0 Å². The maximum Gasteiger partial charge on any atom is 0.329 e. The van der Waals surface area contributed by atoms with E-state index < -0.39 is 23.7 Å². The van der Waals surface area contributed by atoms with Gasteiger partial charge in [0.05, 0.1) is 19.8 Å². The molecule has 0 unspecified atom stereocenters. The van der Waals surface area contributed by atoms with E-state index in [1.54, 1.807) is 20.8 Å². The van der Waals surface area contributed by atoms with E-state index >= 15 is 0 Å². The van der Waals surface area contributed by atoms with Gasteiger partial charge in [-0.1, -0.05) is 12.1 Å². The van der Waals surface area contributed by atoms with Gasteiger partial charge in [0.25, 0.3) is 0 Å². The molecule has 0 saturated carbocycles. The van der Waals surface area contributed by atoms with Gasteiger partial charge in [0, 0.05) is 26.1 Å². The van der Waals surface area contributed by atoms with E-state index in [1.165, 1.54) is 0 Å². The molecule has 0 aliphatic carbocycles. The van der Waals surface area contributed by atoms with Gasteiger partial charge in [-0.25, -0.2) is 4.79 Å². The normalized spacial score (nSPS) is 23.2. The Hall–Kier alpha value is -2.65. The van der Waals surface area contributed by atoms with Gasteiger partial charge in [0.15, 0.2) is 0 Å². The van der Waals surface area contributed by atoms with E-state index in [0.717, 1.165) is 24.4 Å². The topological polar surface area (TPSA) is 106 Å². The molecule has 0 radical (unpaired) electrons. The first kappa shape index (κ1) is 26.9. The second-order valence-electron chi connectivity index (χ2n) is 10.1. The number of ether oxygens (including phenoxy) is 3. The molecule has 2 heterocycles. The van der Waals surface area contributed by atoms with Gasteiger partial charge in [-0.3, -0.25) is 14.5 Å². The Morgan fingerprint density at radius 3 is 2.63 bits per heavy atom. The van der Waals surface area contributed by atoms with Crippen LogP contribution in [0.4, 0.5) is 0 Å². The second kappa shape index (κ2) is 12.9. The van der Waals surface area contributed by atoms with Crippen LogP contribution in [0.2, 0.25) is 0 Å². The molecule has 1 saturated heterocycles. The Bertz CT molecular complexity index is 863. The zero-order valence-electron chi connectivity index (χ0n) is 21.1. The quantitative estimate of drug-likeness (QED) is 0.622. The summed E-state index contributed by atoms with van der Waals surface area (Å²) < 4.78 is 16.8. The van der Waals surface area contributed by atoms with E-state index in [9.17, 15) is 14.4 Å². The maximum absolute atomic E-state index is 13.3. The van der Waals surface area contributed by atoms with Crippen molar-refractivity contribution >= 4 is 17.8 Å². The summed E-state index contributed by atoms with van der Waals surface area (Å²) in [7, 11) is 0. The van der Waals surface area contributed by atoms with E-state index in [2.05, 4.69) is 15.5 Å². The van der Waals surface area contributed by atoms with Crippen LogP contribution >= 0.6 is 0 Å². The summed E-state index contributed by atoms with van der Waals surface area (Å²) in [4.78, 5) is 41.2. The molecule has 1 aromatic rings. The number of hydrogen-bond acceptors (Lipinski definition) is 7. The number of benzene rings is 1. The molecule has 2 aliphatic heterocycles. The fraction of sp³-hybridized carbons (Fsp3) is 0.654. The molecule has 2 aliphatic rings. The lowest BCUT2D eigenvalue weighted by Gasteiger charge is -2.29. The molecular formula is C26H39N3O6. The SMILES string of the molecule is CC(C)(C)OC(=O)[C@@H]1CCCOc2cccc(c2)CCC(=O)N[C@@H](CCN2CCOCC2)C(=O)N1. The second-order valence-corrected chi connectivity index (χ2v) is 10.1. The van der Waals surface area contributed by atoms with Crippen molar-refractivity contribution in [2.75, 3.05) is 39.5 Å². The minimum atomic E-state index is -0.829. The number of rotatable bonds is 4. The fourth-order valence-corrected chi connectivity index (χ4v) is 4.09. The van der Waals surface area contributed by atoms with Crippen LogP contribution in [0.1, 0.15) is 52.0 Å². The molecule has 35 heavy (non-hydrogen) atoms. The lowest BCUT2D eigenvalue weighted by Crippen LogP contribution is -2.53. The van der Waals surface area contributed by atoms with Gasteiger partial charge in [0.1, 0.15) is 23.4 Å². The zero-order chi connectivity index (χ0) is 25.3. The first-order valence-corrected chi connectivity index (χ1v) is 12.5. The monoisotopic (exact) mass is 489 g/mol. The standard InChI is InChI=1S/C26H39N3O6/c1-26(2,3)35-25(32)22-8-5-15-34-20-7-4-6-19(18-20)9-10-23(30)27-21(24(31)28-22)11-12-29-13-16-33-17-14-29/h4,6-7,18,21-22H,5,8-17H2,1-3H3,(H,27,30)(H,28,31)/t21-,22-/m0/s1. The molecule has 2 bridgehead atoms. The smallest absolute Gasteiger partial charge is 0.329 e. The summed E-state index contributed by atoms with van der Waals surface area (Å²) in [5.41, 5.74) is 0.313. The van der Waals surface area contributed by atoms with E-state index in [4.69, 9.17) is 14.2 Å². The number of carbonyl (C=O) groups is 3. The van der Waals surface area contributed by atoms with E-state index in [0.29, 0.717) is 52.0 Å². The maximum atomic E-state index is 13.3. The first-order chi connectivity index (χ1) is 16.7. The number of nitrogens with one attached hydrogen (secondary N) is 2. The third-order valence-corrected chi connectivity index (χ3v) is 5.94. The van der Waals surface area contributed by atoms with Crippen molar-refractivity contribution in [3.63, 3.8) is 0 Å². The van der Waals surface area contributed by atoms with Crippen molar-refractivity contribution in [3.8, 4) is 5.75 Å². The van der Waals surface area contributed by atoms with Gasteiger partial charge in [0.2, 0.25) is 11.8 Å². The predicted octanol–water partition coefficient (Wildman–Crippen LogP) is 1.83. The molecule has 3 rings (SSSR count). The van der Waals surface area contributed by atoms with Gasteiger partial charge in [-0.15, -0.1) is 0 Å². The molecule has 2 N–H and O–H groups in total. The summed E-state index contributed by atoms with van der Waals surface area (Å²) in [6.07, 6.45) is 2.16. The number of morpholine rings is 1. The van der Waals surface area contributed by atoms with Gasteiger partial charge >= 0.3 is 5.97 Å². The van der Waals surface area contributed by atoms with Crippen molar-refractivity contribution in [2.24, 2.45) is 0 Å². The molecule has 2 atom stereocenters. The molecule has 9 heteroatoms. The Labute approximate surface area is 207 Å². The van der Waals surface area contributed by atoms with Crippen LogP contribution in [0.15, 0.2) is 24.3 Å². The molecule has 9 nitrogen and oxygen atoms in total. The minimum Gasteiger partial charge on any atom is -0.494 e. The number of aryl methyl sites for hydroxylation is 1. The van der Waals surface area contributed by atoms with Crippen molar-refractivity contribution in [2.45, 2.75) is 70.6 Å². The zero-order valence-corrected chi connectivity index (χ0v) is 21.1. The third kappa shape index (κ3) is 9.49. The number of hydrogen-bond donors (Lipinski definition) is 2. The van der Waals surface area contributed by atoms with E-state index in [1.807, 2.05) is 24.3 Å². The Morgan fingerprint density at radius 1 is 1.11 bits per heavy atom. The molecular weight excluding hydrogens is 450 g/mol. The number of amides is 2. The predicted molar refractivity (Wildman–Crippen MR) is 131 cm³/mol. The van der Waals surface area contributed by atoms with Gasteiger partial charge in [-0.05, 0) is 64.2 Å². The van der Waals surface area contributed by atoms with E-state index in [-0.39, 0.29) is 18.2 Å². The van der Waals surface area contributed by atoms with Crippen LogP contribution in [-0.4, -0.2) is 79.8 Å². The van der Waals surface area contributed by atoms with Crippen LogP contribution in [0.5, 0.6) is 5.75 Å². The molecule has 194 valence electrons. The Morgan fingerprint density at radius 2 is 1.89 bits per heavy atom. The lowest BCUT2D eigenvalue weighted by molar-refractivity contribution is -0.159. The summed E-state index contributed by atoms with van der Waals surface area (Å²) in [6.45, 7) is 9.32. The Kier molecular flexibility index (Phi) is 9.92. The van der Waals surface area contributed by atoms with Crippen LogP contribution in [0.25, 0.3) is 0 Å². The largest absolute Gasteiger partial charge is 0.494 e. The van der Waals surface area contributed by atoms with Crippen molar-refractivity contribution in [3.05, 3.63) is 29.8 Å². The average Bonchev–Trinajstić information content (AvgIpc) is 2.81. The van der Waals surface area contributed by atoms with Gasteiger partial charge in [-0.2, -0.15) is 0 Å². The fourth-order valence-electron chi connectivity index (χ4n) is 4.09. The number of esters is 1. The highest BCUT2D eigenvalue weighted by Crippen LogP contribution is 2.17. The number of carbonyl (C=O) groups excluding carboxylic acids is 3. The van der Waals surface area contributed by atoms with Crippen molar-refractivity contribution in [1.29, 1.82) is 0 Å². The van der Waals surface area contributed by atoms with Crippen LogP contribution in [-0.2, 0) is 30.3 Å². The molecule has 0 aromatic heterocycles. The summed E-state index contributed by atoms with van der Waals surface area (Å²) in [5, 5.41) is 5.75. The van der Waals surface area contributed by atoms with Crippen LogP contribution in [0.3, 0.4) is 0 Å². The Balaban J connectivity index is 1.76. The number of nitrogens with zero attached hydrogens (tertiary/aromatic N) is 1. The molecule has 1 fully saturated rings. The average molecular weight is 490 g/mol.